The van der Waals surface area contributed by atoms with Gasteiger partial charge in [0, 0.05) is 5.69 Å². The molecule has 32 heavy (non-hydrogen) atoms. The first-order valence-electron chi connectivity index (χ1n) is 9.48. The van der Waals surface area contributed by atoms with E-state index in [1.54, 1.807) is 36.4 Å². The van der Waals surface area contributed by atoms with Crippen molar-refractivity contribution in [3.63, 3.8) is 0 Å². The minimum absolute atomic E-state index is 0.360. The lowest BCUT2D eigenvalue weighted by Crippen LogP contribution is -2.32. The Kier molecular flexibility index (Phi) is 7.07. The van der Waals surface area contributed by atoms with Crippen LogP contribution in [0.1, 0.15) is 27.0 Å². The molecule has 0 spiro atoms. The molecule has 0 aliphatic carbocycles. The molecule has 0 fully saturated rings. The van der Waals surface area contributed by atoms with E-state index in [4.69, 9.17) is 10.00 Å². The first kappa shape index (κ1) is 21.9. The summed E-state index contributed by atoms with van der Waals surface area (Å²) in [4.78, 5) is 35.9. The molecular formula is C24H18N4O4. The normalized spacial score (nSPS) is 10.2. The molecule has 0 saturated heterocycles. The van der Waals surface area contributed by atoms with Gasteiger partial charge < -0.3 is 10.1 Å². The summed E-state index contributed by atoms with van der Waals surface area (Å²) in [6.07, 6.45) is 1.35. The Balaban J connectivity index is 1.50. The van der Waals surface area contributed by atoms with Gasteiger partial charge in [0.2, 0.25) is 0 Å². The highest BCUT2D eigenvalue weighted by atomic mass is 16.5. The average molecular weight is 426 g/mol. The molecule has 0 radical (unpaired) electrons. The van der Waals surface area contributed by atoms with Crippen LogP contribution in [0.5, 0.6) is 5.75 Å². The van der Waals surface area contributed by atoms with E-state index in [0.29, 0.717) is 28.1 Å². The zero-order chi connectivity index (χ0) is 22.9. The third-order valence-electron chi connectivity index (χ3n) is 4.24. The van der Waals surface area contributed by atoms with E-state index < -0.39 is 17.8 Å². The van der Waals surface area contributed by atoms with Crippen LogP contribution < -0.4 is 15.5 Å². The van der Waals surface area contributed by atoms with Gasteiger partial charge in [0.15, 0.2) is 0 Å². The number of esters is 1. The summed E-state index contributed by atoms with van der Waals surface area (Å²) in [7, 11) is 0. The number of hydrogen-bond donors (Lipinski definition) is 2. The number of benzene rings is 3. The maximum Gasteiger partial charge on any atom is 0.343 e. The molecular weight excluding hydrogens is 408 g/mol. The zero-order valence-corrected chi connectivity index (χ0v) is 17.0. The van der Waals surface area contributed by atoms with E-state index in [2.05, 4.69) is 15.8 Å². The van der Waals surface area contributed by atoms with Gasteiger partial charge >= 0.3 is 17.8 Å². The van der Waals surface area contributed by atoms with Gasteiger partial charge in [0.05, 0.1) is 23.4 Å². The number of aryl methyl sites for hydroxylation is 1. The van der Waals surface area contributed by atoms with Crippen LogP contribution in [0.3, 0.4) is 0 Å². The Bertz CT molecular complexity index is 1190. The number of carbonyl (C=O) groups is 3. The number of amides is 2. The van der Waals surface area contributed by atoms with Crippen LogP contribution in [0, 0.1) is 18.3 Å². The van der Waals surface area contributed by atoms with Crippen molar-refractivity contribution in [1.82, 2.24) is 5.43 Å². The highest BCUT2D eigenvalue weighted by molar-refractivity contribution is 6.39. The van der Waals surface area contributed by atoms with Crippen LogP contribution in [0.25, 0.3) is 0 Å². The minimum Gasteiger partial charge on any atom is -0.423 e. The van der Waals surface area contributed by atoms with Crippen LogP contribution in [0.15, 0.2) is 77.9 Å². The van der Waals surface area contributed by atoms with Gasteiger partial charge in [-0.25, -0.2) is 10.2 Å². The molecule has 3 aromatic rings. The lowest BCUT2D eigenvalue weighted by Gasteiger charge is -2.05. The molecule has 0 aromatic heterocycles. The lowest BCUT2D eigenvalue weighted by atomic mass is 10.1. The maximum atomic E-state index is 12.1. The molecule has 0 aliphatic heterocycles. The summed E-state index contributed by atoms with van der Waals surface area (Å²) >= 11 is 0. The van der Waals surface area contributed by atoms with Crippen LogP contribution >= 0.6 is 0 Å². The summed E-state index contributed by atoms with van der Waals surface area (Å²) in [5.74, 6) is -1.95. The Morgan fingerprint density at radius 3 is 2.19 bits per heavy atom. The van der Waals surface area contributed by atoms with Crippen LogP contribution in [0.4, 0.5) is 5.69 Å². The second-order valence-electron chi connectivity index (χ2n) is 6.67. The summed E-state index contributed by atoms with van der Waals surface area (Å²) < 4.78 is 5.32. The Hall–Kier alpha value is -4.77. The fourth-order valence-corrected chi connectivity index (χ4v) is 2.51. The number of rotatable bonds is 5. The van der Waals surface area contributed by atoms with Crippen molar-refractivity contribution < 1.29 is 19.1 Å². The third kappa shape index (κ3) is 6.11. The quantitative estimate of drug-likeness (QED) is 0.213. The van der Waals surface area contributed by atoms with Crippen LogP contribution in [-0.2, 0) is 9.59 Å². The standard InChI is InChI=1S/C24H18N4O4/c1-16-2-8-19(9-3-16)24(31)32-21-12-6-18(7-13-21)15-26-28-23(30)22(29)27-20-10-4-17(14-25)5-11-20/h2-13,15H,1H3,(H,27,29)(H,28,30)/b26-15+. The van der Waals surface area contributed by atoms with E-state index in [1.807, 2.05) is 25.1 Å². The molecule has 2 N–H and O–H groups in total. The average Bonchev–Trinajstić information content (AvgIpc) is 2.81. The first-order valence-corrected chi connectivity index (χ1v) is 9.48. The topological polar surface area (TPSA) is 121 Å². The number of carbonyl (C=O) groups excluding carboxylic acids is 3. The number of hydrogen-bond acceptors (Lipinski definition) is 6. The summed E-state index contributed by atoms with van der Waals surface area (Å²) in [5, 5.41) is 14.9. The van der Waals surface area contributed by atoms with Crippen molar-refractivity contribution in [2.75, 3.05) is 5.32 Å². The Morgan fingerprint density at radius 1 is 0.906 bits per heavy atom. The second-order valence-corrected chi connectivity index (χ2v) is 6.67. The van der Waals surface area contributed by atoms with Gasteiger partial charge in [-0.2, -0.15) is 10.4 Å². The van der Waals surface area contributed by atoms with Gasteiger partial charge in [-0.1, -0.05) is 17.7 Å². The fourth-order valence-electron chi connectivity index (χ4n) is 2.51. The van der Waals surface area contributed by atoms with E-state index >= 15 is 0 Å². The van der Waals surface area contributed by atoms with Crippen LogP contribution in [-0.4, -0.2) is 24.0 Å². The molecule has 2 amide bonds. The van der Waals surface area contributed by atoms with Gasteiger partial charge in [-0.05, 0) is 73.2 Å². The molecule has 3 aromatic carbocycles. The summed E-state index contributed by atoms with van der Waals surface area (Å²) in [5.41, 5.74) is 5.06. The molecule has 0 heterocycles. The van der Waals surface area contributed by atoms with E-state index in [0.717, 1.165) is 5.56 Å². The van der Waals surface area contributed by atoms with Crippen molar-refractivity contribution in [2.45, 2.75) is 6.92 Å². The van der Waals surface area contributed by atoms with Gasteiger partial charge in [0.25, 0.3) is 0 Å². The molecule has 3 rings (SSSR count). The molecule has 0 atom stereocenters. The highest BCUT2D eigenvalue weighted by Gasteiger charge is 2.13. The summed E-state index contributed by atoms with van der Waals surface area (Å²) in [6, 6.07) is 21.5. The zero-order valence-electron chi connectivity index (χ0n) is 17.0. The Labute approximate surface area is 184 Å². The van der Waals surface area contributed by atoms with Gasteiger partial charge in [-0.15, -0.1) is 0 Å². The number of nitrogens with zero attached hydrogens (tertiary/aromatic N) is 2. The SMILES string of the molecule is Cc1ccc(C(=O)Oc2ccc(/C=N/NC(=O)C(=O)Nc3ccc(C#N)cc3)cc2)cc1. The molecule has 0 bridgehead atoms. The van der Waals surface area contributed by atoms with Gasteiger partial charge in [0.1, 0.15) is 5.75 Å². The third-order valence-corrected chi connectivity index (χ3v) is 4.24. The van der Waals surface area contributed by atoms with Crippen molar-refractivity contribution in [3.05, 3.63) is 95.1 Å². The van der Waals surface area contributed by atoms with E-state index in [1.165, 1.54) is 30.5 Å². The van der Waals surface area contributed by atoms with Gasteiger partial charge in [-0.3, -0.25) is 9.59 Å². The summed E-state index contributed by atoms with van der Waals surface area (Å²) in [6.45, 7) is 1.93. The fraction of sp³-hybridized carbons (Fsp3) is 0.0417. The monoisotopic (exact) mass is 426 g/mol. The minimum atomic E-state index is -0.950. The maximum absolute atomic E-state index is 12.1. The van der Waals surface area contributed by atoms with Crippen molar-refractivity contribution in [1.29, 1.82) is 5.26 Å². The highest BCUT2D eigenvalue weighted by Crippen LogP contribution is 2.14. The lowest BCUT2D eigenvalue weighted by molar-refractivity contribution is -0.136. The molecule has 8 nitrogen and oxygen atoms in total. The second kappa shape index (κ2) is 10.3. The Morgan fingerprint density at radius 2 is 1.56 bits per heavy atom. The molecule has 158 valence electrons. The van der Waals surface area contributed by atoms with E-state index in [-0.39, 0.29) is 0 Å². The predicted octanol–water partition coefficient (Wildman–Crippen LogP) is 3.17. The predicted molar refractivity (Wildman–Crippen MR) is 118 cm³/mol. The number of nitrogens with one attached hydrogen (secondary N) is 2. The molecule has 0 saturated carbocycles. The number of ether oxygens (including phenoxy) is 1. The number of hydrazone groups is 1. The van der Waals surface area contributed by atoms with Crippen molar-refractivity contribution in [2.24, 2.45) is 5.10 Å². The largest absolute Gasteiger partial charge is 0.423 e. The van der Waals surface area contributed by atoms with Crippen molar-refractivity contribution in [3.8, 4) is 11.8 Å². The number of anilines is 1. The molecule has 0 aliphatic rings. The van der Waals surface area contributed by atoms with Crippen LogP contribution in [0.2, 0.25) is 0 Å². The first-order chi connectivity index (χ1) is 15.4. The van der Waals surface area contributed by atoms with Crippen molar-refractivity contribution >= 4 is 29.7 Å². The molecule has 0 unspecified atom stereocenters. The molecule has 8 heteroatoms. The smallest absolute Gasteiger partial charge is 0.343 e. The van der Waals surface area contributed by atoms with E-state index in [9.17, 15) is 14.4 Å². The number of nitriles is 1.